The molecule has 0 aliphatic carbocycles. The zero-order chi connectivity index (χ0) is 18.8. The van der Waals surface area contributed by atoms with Crippen LogP contribution in [0.15, 0.2) is 34.1 Å². The molecule has 0 bridgehead atoms. The van der Waals surface area contributed by atoms with E-state index in [-0.39, 0.29) is 22.3 Å². The lowest BCUT2D eigenvalue weighted by molar-refractivity contribution is 0.344. The SMILES string of the molecule is CC(C)CC(C)(CN)NS(=O)(=O)c1ccccc1S(=O)(=O)N(C)C. The first-order valence-corrected chi connectivity index (χ1v) is 10.5. The molecule has 0 aliphatic rings. The molecule has 0 fully saturated rings. The van der Waals surface area contributed by atoms with Gasteiger partial charge in [-0.25, -0.2) is 25.9 Å². The van der Waals surface area contributed by atoms with Crippen LogP contribution in [-0.2, 0) is 20.0 Å². The minimum atomic E-state index is -4.06. The molecule has 0 aliphatic heterocycles. The van der Waals surface area contributed by atoms with Crippen LogP contribution < -0.4 is 10.5 Å². The number of sulfonamides is 2. The highest BCUT2D eigenvalue weighted by Crippen LogP contribution is 2.25. The lowest BCUT2D eigenvalue weighted by Gasteiger charge is -2.31. The summed E-state index contributed by atoms with van der Waals surface area (Å²) < 4.78 is 54.1. The van der Waals surface area contributed by atoms with E-state index in [9.17, 15) is 16.8 Å². The Morgan fingerprint density at radius 2 is 1.62 bits per heavy atom. The molecular formula is C15H27N3O4S2. The second kappa shape index (κ2) is 7.49. The Morgan fingerprint density at radius 3 is 2.04 bits per heavy atom. The zero-order valence-corrected chi connectivity index (χ0v) is 16.4. The minimum absolute atomic E-state index is 0.104. The number of nitrogens with one attached hydrogen (secondary N) is 1. The Balaban J connectivity index is 3.41. The van der Waals surface area contributed by atoms with E-state index in [2.05, 4.69) is 4.72 Å². The molecule has 9 heteroatoms. The monoisotopic (exact) mass is 377 g/mol. The predicted molar refractivity (Wildman–Crippen MR) is 94.6 cm³/mol. The van der Waals surface area contributed by atoms with Gasteiger partial charge in [-0.1, -0.05) is 26.0 Å². The summed E-state index contributed by atoms with van der Waals surface area (Å²) in [7, 11) is -5.24. The topological polar surface area (TPSA) is 110 Å². The molecule has 3 N–H and O–H groups in total. The van der Waals surface area contributed by atoms with Crippen molar-refractivity contribution in [2.45, 2.75) is 42.5 Å². The molecule has 0 saturated heterocycles. The first-order valence-electron chi connectivity index (χ1n) is 7.61. The van der Waals surface area contributed by atoms with E-state index >= 15 is 0 Å². The molecule has 0 radical (unpaired) electrons. The maximum Gasteiger partial charge on any atom is 0.243 e. The van der Waals surface area contributed by atoms with Crippen molar-refractivity contribution in [2.24, 2.45) is 11.7 Å². The average molecular weight is 378 g/mol. The number of rotatable bonds is 8. The molecule has 7 nitrogen and oxygen atoms in total. The number of nitrogens with zero attached hydrogens (tertiary/aromatic N) is 1. The van der Waals surface area contributed by atoms with Crippen molar-refractivity contribution in [1.29, 1.82) is 0 Å². The van der Waals surface area contributed by atoms with Crippen LogP contribution in [0.1, 0.15) is 27.2 Å². The van der Waals surface area contributed by atoms with Crippen LogP contribution in [-0.4, -0.2) is 47.3 Å². The van der Waals surface area contributed by atoms with Gasteiger partial charge in [0.15, 0.2) is 0 Å². The Kier molecular flexibility index (Phi) is 6.56. The van der Waals surface area contributed by atoms with Gasteiger partial charge in [0.05, 0.1) is 0 Å². The van der Waals surface area contributed by atoms with Gasteiger partial charge < -0.3 is 5.73 Å². The maximum absolute atomic E-state index is 12.8. The highest BCUT2D eigenvalue weighted by atomic mass is 32.2. The summed E-state index contributed by atoms with van der Waals surface area (Å²) in [4.78, 5) is -0.534. The molecule has 1 aromatic carbocycles. The van der Waals surface area contributed by atoms with E-state index in [0.29, 0.717) is 6.42 Å². The summed E-state index contributed by atoms with van der Waals surface area (Å²) >= 11 is 0. The van der Waals surface area contributed by atoms with Crippen molar-refractivity contribution < 1.29 is 16.8 Å². The van der Waals surface area contributed by atoms with Gasteiger partial charge in [-0.05, 0) is 31.4 Å². The molecule has 138 valence electrons. The minimum Gasteiger partial charge on any atom is -0.329 e. The molecule has 0 heterocycles. The molecule has 0 amide bonds. The van der Waals surface area contributed by atoms with Gasteiger partial charge in [-0.2, -0.15) is 0 Å². The average Bonchev–Trinajstić information content (AvgIpc) is 2.45. The predicted octanol–water partition coefficient (Wildman–Crippen LogP) is 0.979. The van der Waals surface area contributed by atoms with Crippen LogP contribution >= 0.6 is 0 Å². The van der Waals surface area contributed by atoms with Crippen molar-refractivity contribution in [3.05, 3.63) is 24.3 Å². The Bertz CT molecular complexity index is 774. The maximum atomic E-state index is 12.8. The van der Waals surface area contributed by atoms with E-state index in [1.807, 2.05) is 13.8 Å². The summed E-state index contributed by atoms with van der Waals surface area (Å²) in [5.41, 5.74) is 4.90. The van der Waals surface area contributed by atoms with Crippen LogP contribution in [0, 0.1) is 5.92 Å². The standard InChI is InChI=1S/C15H27N3O4S2/c1-12(2)10-15(3,11-16)17-23(19,20)13-8-6-7-9-14(13)24(21,22)18(4)5/h6-9,12,17H,10-11,16H2,1-5H3. The Hall–Kier alpha value is -1.00. The fraction of sp³-hybridized carbons (Fsp3) is 0.600. The van der Waals surface area contributed by atoms with Crippen molar-refractivity contribution in [1.82, 2.24) is 9.03 Å². The Morgan fingerprint density at radius 1 is 1.12 bits per heavy atom. The second-order valence-electron chi connectivity index (χ2n) is 6.70. The summed E-state index contributed by atoms with van der Waals surface area (Å²) in [6.45, 7) is 5.75. The molecule has 1 unspecified atom stereocenters. The van der Waals surface area contributed by atoms with Gasteiger partial charge in [0.1, 0.15) is 9.79 Å². The van der Waals surface area contributed by atoms with Crippen LogP contribution in [0.4, 0.5) is 0 Å². The lowest BCUT2D eigenvalue weighted by Crippen LogP contribution is -2.52. The zero-order valence-electron chi connectivity index (χ0n) is 14.8. The third-order valence-electron chi connectivity index (χ3n) is 3.59. The van der Waals surface area contributed by atoms with Gasteiger partial charge in [0.25, 0.3) is 0 Å². The van der Waals surface area contributed by atoms with Gasteiger partial charge in [0, 0.05) is 26.2 Å². The number of hydrogen-bond acceptors (Lipinski definition) is 5. The van der Waals surface area contributed by atoms with Crippen molar-refractivity contribution in [3.8, 4) is 0 Å². The molecule has 0 spiro atoms. The number of nitrogens with two attached hydrogens (primary N) is 1. The summed E-state index contributed by atoms with van der Waals surface area (Å²) in [5, 5.41) is 0. The number of benzene rings is 1. The van der Waals surface area contributed by atoms with Crippen molar-refractivity contribution in [2.75, 3.05) is 20.6 Å². The smallest absolute Gasteiger partial charge is 0.243 e. The normalized spacial score (nSPS) is 15.7. The van der Waals surface area contributed by atoms with Crippen molar-refractivity contribution >= 4 is 20.0 Å². The first-order chi connectivity index (χ1) is 10.9. The van der Waals surface area contributed by atoms with Gasteiger partial charge in [0.2, 0.25) is 20.0 Å². The number of hydrogen-bond donors (Lipinski definition) is 2. The molecule has 1 atom stereocenters. The largest absolute Gasteiger partial charge is 0.329 e. The summed E-state index contributed by atoms with van der Waals surface area (Å²) in [6, 6.07) is 5.55. The summed E-state index contributed by atoms with van der Waals surface area (Å²) in [5.74, 6) is 0.224. The molecule has 1 aromatic rings. The van der Waals surface area contributed by atoms with E-state index in [4.69, 9.17) is 5.73 Å². The fourth-order valence-corrected chi connectivity index (χ4v) is 5.66. The molecule has 24 heavy (non-hydrogen) atoms. The van der Waals surface area contributed by atoms with E-state index < -0.39 is 25.6 Å². The van der Waals surface area contributed by atoms with Crippen LogP contribution in [0.2, 0.25) is 0 Å². The Labute approximate surface area is 145 Å². The molecular weight excluding hydrogens is 350 g/mol. The highest BCUT2D eigenvalue weighted by Gasteiger charge is 2.34. The van der Waals surface area contributed by atoms with E-state index in [1.54, 1.807) is 6.92 Å². The molecule has 0 aromatic heterocycles. The fourth-order valence-electron chi connectivity index (χ4n) is 2.53. The van der Waals surface area contributed by atoms with Crippen LogP contribution in [0.25, 0.3) is 0 Å². The van der Waals surface area contributed by atoms with Crippen LogP contribution in [0.5, 0.6) is 0 Å². The molecule has 0 saturated carbocycles. The van der Waals surface area contributed by atoms with Crippen molar-refractivity contribution in [3.63, 3.8) is 0 Å². The molecule has 1 rings (SSSR count). The second-order valence-corrected chi connectivity index (χ2v) is 10.5. The first kappa shape index (κ1) is 21.0. The van der Waals surface area contributed by atoms with E-state index in [1.165, 1.54) is 38.4 Å². The highest BCUT2D eigenvalue weighted by molar-refractivity contribution is 7.92. The summed E-state index contributed by atoms with van der Waals surface area (Å²) in [6.07, 6.45) is 0.533. The van der Waals surface area contributed by atoms with E-state index in [0.717, 1.165) is 4.31 Å². The lowest BCUT2D eigenvalue weighted by atomic mass is 9.92. The van der Waals surface area contributed by atoms with Gasteiger partial charge in [-0.15, -0.1) is 0 Å². The van der Waals surface area contributed by atoms with Gasteiger partial charge >= 0.3 is 0 Å². The third-order valence-corrected chi connectivity index (χ3v) is 7.29. The third kappa shape index (κ3) is 4.76. The quantitative estimate of drug-likeness (QED) is 0.702. The van der Waals surface area contributed by atoms with Gasteiger partial charge in [-0.3, -0.25) is 0 Å². The van der Waals surface area contributed by atoms with Crippen LogP contribution in [0.3, 0.4) is 0 Å².